The molecule has 0 unspecified atom stereocenters. The second-order valence-electron chi connectivity index (χ2n) is 1.88. The van der Waals surface area contributed by atoms with E-state index in [0.717, 1.165) is 5.56 Å². The Morgan fingerprint density at radius 1 is 1.27 bits per heavy atom. The zero-order valence-corrected chi connectivity index (χ0v) is 6.90. The normalized spacial score (nSPS) is 8.00. The van der Waals surface area contributed by atoms with Crippen molar-refractivity contribution in [1.29, 1.82) is 0 Å². The van der Waals surface area contributed by atoms with E-state index < -0.39 is 0 Å². The van der Waals surface area contributed by atoms with Crippen LogP contribution in [0.1, 0.15) is 5.56 Å². The van der Waals surface area contributed by atoms with Gasteiger partial charge in [-0.2, -0.15) is 0 Å². The molecule has 0 fully saturated rings. The predicted octanol–water partition coefficient (Wildman–Crippen LogP) is 2.87. The maximum Gasteiger partial charge on any atom is 0.0254 e. The van der Waals surface area contributed by atoms with E-state index >= 15 is 0 Å². The molecule has 0 aromatic heterocycles. The van der Waals surface area contributed by atoms with E-state index in [1.807, 2.05) is 30.3 Å². The Kier molecular flexibility index (Phi) is 3.37. The fourth-order valence-electron chi connectivity index (χ4n) is 0.652. The van der Waals surface area contributed by atoms with Crippen LogP contribution in [0.2, 0.25) is 0 Å². The van der Waals surface area contributed by atoms with Gasteiger partial charge in [0.05, 0.1) is 0 Å². The van der Waals surface area contributed by atoms with Crippen molar-refractivity contribution in [3.63, 3.8) is 0 Å². The maximum atomic E-state index is 3.55. The van der Waals surface area contributed by atoms with E-state index in [1.165, 1.54) is 11.8 Å². The number of thioether (sulfide) groups is 1. The molecule has 0 heterocycles. The van der Waals surface area contributed by atoms with Crippen LogP contribution in [0.4, 0.5) is 0 Å². The Bertz CT molecular complexity index is 277. The lowest BCUT2D eigenvalue weighted by atomic mass is 10.2. The third kappa shape index (κ3) is 2.97. The van der Waals surface area contributed by atoms with Crippen LogP contribution < -0.4 is 0 Å². The van der Waals surface area contributed by atoms with Gasteiger partial charge in [0.1, 0.15) is 0 Å². The fourth-order valence-corrected chi connectivity index (χ4v) is 0.912. The highest BCUT2D eigenvalue weighted by molar-refractivity contribution is 8.06. The lowest BCUT2D eigenvalue weighted by Gasteiger charge is -1.84. The van der Waals surface area contributed by atoms with Gasteiger partial charge in [0.15, 0.2) is 0 Å². The van der Waals surface area contributed by atoms with Crippen LogP contribution in [0.15, 0.2) is 42.3 Å². The molecule has 1 rings (SSSR count). The summed E-state index contributed by atoms with van der Waals surface area (Å²) < 4.78 is 0. The zero-order valence-electron chi connectivity index (χ0n) is 6.08. The Labute approximate surface area is 71.3 Å². The first-order valence-electron chi connectivity index (χ1n) is 3.26. The van der Waals surface area contributed by atoms with Gasteiger partial charge in [0.25, 0.3) is 0 Å². The summed E-state index contributed by atoms with van der Waals surface area (Å²) in [4.78, 5) is 0. The summed E-state index contributed by atoms with van der Waals surface area (Å²) in [5, 5.41) is 4.62. The van der Waals surface area contributed by atoms with Crippen LogP contribution in [0, 0.1) is 11.2 Å². The van der Waals surface area contributed by atoms with Gasteiger partial charge in [-0.05, 0) is 34.6 Å². The van der Waals surface area contributed by atoms with Crippen molar-refractivity contribution in [1.82, 2.24) is 0 Å². The number of benzene rings is 1. The molecule has 0 saturated carbocycles. The number of hydrogen-bond donors (Lipinski definition) is 0. The van der Waals surface area contributed by atoms with Crippen molar-refractivity contribution in [2.75, 3.05) is 0 Å². The Hall–Kier alpha value is -1.13. The molecule has 0 bridgehead atoms. The monoisotopic (exact) mass is 160 g/mol. The van der Waals surface area contributed by atoms with Crippen molar-refractivity contribution >= 4 is 11.8 Å². The minimum atomic E-state index is 1.04. The molecule has 0 amide bonds. The molecular weight excluding hydrogens is 152 g/mol. The van der Waals surface area contributed by atoms with Gasteiger partial charge in [-0.25, -0.2) is 0 Å². The van der Waals surface area contributed by atoms with Gasteiger partial charge < -0.3 is 0 Å². The maximum absolute atomic E-state index is 3.55. The fraction of sp³-hybridized carbons (Fsp3) is 0. The second-order valence-corrected chi connectivity index (χ2v) is 2.65. The van der Waals surface area contributed by atoms with E-state index in [2.05, 4.69) is 17.8 Å². The van der Waals surface area contributed by atoms with Crippen LogP contribution in [0.25, 0.3) is 0 Å². The average molecular weight is 160 g/mol. The van der Waals surface area contributed by atoms with Gasteiger partial charge in [-0.3, -0.25) is 0 Å². The van der Waals surface area contributed by atoms with E-state index in [9.17, 15) is 0 Å². The standard InChI is InChI=1S/C10H8S/c1-2-11-9-8-10-6-4-3-5-7-10/h2-7H,1H2. The molecule has 0 aliphatic carbocycles. The van der Waals surface area contributed by atoms with Crippen molar-refractivity contribution in [3.8, 4) is 11.2 Å². The lowest BCUT2D eigenvalue weighted by molar-refractivity contribution is 1.65. The topological polar surface area (TPSA) is 0 Å². The first-order chi connectivity index (χ1) is 5.43. The van der Waals surface area contributed by atoms with E-state index in [1.54, 1.807) is 5.41 Å². The molecule has 0 aliphatic rings. The molecule has 54 valence electrons. The summed E-state index contributed by atoms with van der Waals surface area (Å²) in [6.45, 7) is 3.55. The van der Waals surface area contributed by atoms with Crippen molar-refractivity contribution < 1.29 is 0 Å². The van der Waals surface area contributed by atoms with Gasteiger partial charge in [0, 0.05) is 5.56 Å². The molecule has 0 spiro atoms. The Balaban J connectivity index is 2.66. The molecule has 11 heavy (non-hydrogen) atoms. The van der Waals surface area contributed by atoms with Crippen molar-refractivity contribution in [3.05, 3.63) is 47.9 Å². The quantitative estimate of drug-likeness (QED) is 0.569. The van der Waals surface area contributed by atoms with Crippen molar-refractivity contribution in [2.45, 2.75) is 0 Å². The Morgan fingerprint density at radius 2 is 2.00 bits per heavy atom. The number of rotatable bonds is 1. The summed E-state index contributed by atoms with van der Waals surface area (Å²) in [6, 6.07) is 9.89. The molecule has 1 heteroatoms. The minimum absolute atomic E-state index is 1.04. The molecule has 1 aromatic rings. The number of hydrogen-bond acceptors (Lipinski definition) is 1. The highest BCUT2D eigenvalue weighted by Crippen LogP contribution is 1.99. The molecule has 0 aliphatic heterocycles. The van der Waals surface area contributed by atoms with Gasteiger partial charge in [0.2, 0.25) is 0 Å². The van der Waals surface area contributed by atoms with Crippen LogP contribution in [-0.4, -0.2) is 0 Å². The Morgan fingerprint density at radius 3 is 2.64 bits per heavy atom. The van der Waals surface area contributed by atoms with Gasteiger partial charge >= 0.3 is 0 Å². The zero-order chi connectivity index (χ0) is 7.94. The average Bonchev–Trinajstić information content (AvgIpc) is 2.07. The van der Waals surface area contributed by atoms with Crippen LogP contribution >= 0.6 is 11.8 Å². The first kappa shape index (κ1) is 7.97. The second kappa shape index (κ2) is 4.65. The van der Waals surface area contributed by atoms with Crippen LogP contribution in [-0.2, 0) is 0 Å². The highest BCUT2D eigenvalue weighted by atomic mass is 32.2. The summed E-state index contributed by atoms with van der Waals surface area (Å²) in [5.74, 6) is 2.99. The lowest BCUT2D eigenvalue weighted by Crippen LogP contribution is -1.67. The first-order valence-corrected chi connectivity index (χ1v) is 4.14. The van der Waals surface area contributed by atoms with Crippen LogP contribution in [0.3, 0.4) is 0 Å². The smallest absolute Gasteiger partial charge is 0.0254 e. The molecular formula is C10H8S. The molecule has 0 saturated heterocycles. The largest absolute Gasteiger partial charge is 0.0917 e. The highest BCUT2D eigenvalue weighted by Gasteiger charge is 1.79. The van der Waals surface area contributed by atoms with Crippen molar-refractivity contribution in [2.24, 2.45) is 0 Å². The third-order valence-corrected chi connectivity index (χ3v) is 1.50. The van der Waals surface area contributed by atoms with Gasteiger partial charge in [-0.15, -0.1) is 0 Å². The SMILES string of the molecule is C=CSC#Cc1ccccc1. The molecule has 1 aromatic carbocycles. The van der Waals surface area contributed by atoms with E-state index in [4.69, 9.17) is 0 Å². The molecule has 0 N–H and O–H groups in total. The van der Waals surface area contributed by atoms with Gasteiger partial charge in [-0.1, -0.05) is 30.7 Å². The summed E-state index contributed by atoms with van der Waals surface area (Å²) in [6.07, 6.45) is 0. The summed E-state index contributed by atoms with van der Waals surface area (Å²) >= 11 is 1.41. The molecule has 0 atom stereocenters. The summed E-state index contributed by atoms with van der Waals surface area (Å²) in [5.41, 5.74) is 1.04. The van der Waals surface area contributed by atoms with E-state index in [0.29, 0.717) is 0 Å². The molecule has 0 radical (unpaired) electrons. The van der Waals surface area contributed by atoms with Crippen LogP contribution in [0.5, 0.6) is 0 Å². The summed E-state index contributed by atoms with van der Waals surface area (Å²) in [7, 11) is 0. The molecule has 0 nitrogen and oxygen atoms in total. The minimum Gasteiger partial charge on any atom is -0.0917 e. The predicted molar refractivity (Wildman–Crippen MR) is 51.1 cm³/mol. The van der Waals surface area contributed by atoms with E-state index in [-0.39, 0.29) is 0 Å². The third-order valence-electron chi connectivity index (χ3n) is 1.11.